The first kappa shape index (κ1) is 18.7. The Hall–Kier alpha value is -1.66. The van der Waals surface area contributed by atoms with Crippen LogP contribution in [0.15, 0.2) is 51.8 Å². The number of rotatable bonds is 8. The Kier molecular flexibility index (Phi) is 7.46. The molecular weight excluding hydrogens is 390 g/mol. The Morgan fingerprint density at radius 3 is 2.46 bits per heavy atom. The lowest BCUT2D eigenvalue weighted by Crippen LogP contribution is -2.15. The van der Waals surface area contributed by atoms with Gasteiger partial charge in [-0.25, -0.2) is 0 Å². The minimum absolute atomic E-state index is 0.0856. The van der Waals surface area contributed by atoms with E-state index >= 15 is 0 Å². The Morgan fingerprint density at radius 2 is 1.79 bits per heavy atom. The molecule has 0 aromatic heterocycles. The SMILES string of the molecule is CCOc1ccc(OCC)c(NC(=O)CSc2ccc(Br)cc2)c1. The van der Waals surface area contributed by atoms with Crippen LogP contribution in [0.4, 0.5) is 5.69 Å². The zero-order valence-electron chi connectivity index (χ0n) is 13.7. The second-order valence-electron chi connectivity index (χ2n) is 4.81. The number of benzene rings is 2. The molecule has 0 aliphatic rings. The van der Waals surface area contributed by atoms with Crippen molar-refractivity contribution in [1.29, 1.82) is 0 Å². The summed E-state index contributed by atoms with van der Waals surface area (Å²) in [6.45, 7) is 4.93. The van der Waals surface area contributed by atoms with Gasteiger partial charge in [-0.3, -0.25) is 4.79 Å². The van der Waals surface area contributed by atoms with Gasteiger partial charge in [0.05, 0.1) is 24.7 Å². The molecular formula is C18H20BrNO3S. The van der Waals surface area contributed by atoms with Crippen LogP contribution in [-0.4, -0.2) is 24.9 Å². The number of hydrogen-bond donors (Lipinski definition) is 1. The molecule has 6 heteroatoms. The second kappa shape index (κ2) is 9.59. The number of amides is 1. The van der Waals surface area contributed by atoms with Crippen LogP contribution in [0.25, 0.3) is 0 Å². The Morgan fingerprint density at radius 1 is 1.08 bits per heavy atom. The summed E-state index contributed by atoms with van der Waals surface area (Å²) in [5, 5.41) is 2.90. The van der Waals surface area contributed by atoms with Crippen LogP contribution in [0.3, 0.4) is 0 Å². The molecule has 1 amide bonds. The van der Waals surface area contributed by atoms with Gasteiger partial charge < -0.3 is 14.8 Å². The highest BCUT2D eigenvalue weighted by molar-refractivity contribution is 9.10. The summed E-state index contributed by atoms with van der Waals surface area (Å²) in [6.07, 6.45) is 0. The number of thioether (sulfide) groups is 1. The van der Waals surface area contributed by atoms with E-state index in [1.165, 1.54) is 11.8 Å². The zero-order chi connectivity index (χ0) is 17.4. The van der Waals surface area contributed by atoms with Crippen molar-refractivity contribution in [1.82, 2.24) is 0 Å². The summed E-state index contributed by atoms with van der Waals surface area (Å²) >= 11 is 4.88. The fourth-order valence-electron chi connectivity index (χ4n) is 2.01. The summed E-state index contributed by atoms with van der Waals surface area (Å²) in [5.41, 5.74) is 0.629. The molecule has 0 saturated carbocycles. The topological polar surface area (TPSA) is 47.6 Å². The van der Waals surface area contributed by atoms with E-state index in [1.54, 1.807) is 6.07 Å². The first-order valence-corrected chi connectivity index (χ1v) is 9.48. The van der Waals surface area contributed by atoms with E-state index in [1.807, 2.05) is 50.2 Å². The highest BCUT2D eigenvalue weighted by Crippen LogP contribution is 2.30. The molecule has 0 aliphatic heterocycles. The van der Waals surface area contributed by atoms with Crippen molar-refractivity contribution in [3.8, 4) is 11.5 Å². The van der Waals surface area contributed by atoms with Gasteiger partial charge in [0.2, 0.25) is 5.91 Å². The molecule has 2 rings (SSSR count). The molecule has 0 saturated heterocycles. The minimum atomic E-state index is -0.0856. The summed E-state index contributed by atoms with van der Waals surface area (Å²) < 4.78 is 12.1. The first-order valence-electron chi connectivity index (χ1n) is 7.70. The molecule has 0 radical (unpaired) electrons. The molecule has 24 heavy (non-hydrogen) atoms. The lowest BCUT2D eigenvalue weighted by Gasteiger charge is -2.13. The van der Waals surface area contributed by atoms with Crippen LogP contribution in [0, 0.1) is 0 Å². The molecule has 0 spiro atoms. The highest BCUT2D eigenvalue weighted by Gasteiger charge is 2.10. The molecule has 128 valence electrons. The van der Waals surface area contributed by atoms with Gasteiger partial charge in [-0.2, -0.15) is 0 Å². The lowest BCUT2D eigenvalue weighted by atomic mass is 10.2. The van der Waals surface area contributed by atoms with Crippen molar-refractivity contribution in [3.05, 3.63) is 46.9 Å². The Labute approximate surface area is 155 Å². The predicted molar refractivity (Wildman–Crippen MR) is 102 cm³/mol. The van der Waals surface area contributed by atoms with E-state index in [-0.39, 0.29) is 5.91 Å². The summed E-state index contributed by atoms with van der Waals surface area (Å²) in [6, 6.07) is 13.3. The van der Waals surface area contributed by atoms with Crippen LogP contribution < -0.4 is 14.8 Å². The molecule has 0 atom stereocenters. The first-order chi connectivity index (χ1) is 11.6. The van der Waals surface area contributed by atoms with Gasteiger partial charge in [0.15, 0.2) is 0 Å². The van der Waals surface area contributed by atoms with Crippen LogP contribution in [0.2, 0.25) is 0 Å². The minimum Gasteiger partial charge on any atom is -0.494 e. The molecule has 0 fully saturated rings. The van der Waals surface area contributed by atoms with Gasteiger partial charge >= 0.3 is 0 Å². The van der Waals surface area contributed by atoms with Crippen molar-refractivity contribution in [3.63, 3.8) is 0 Å². The third-order valence-corrected chi connectivity index (χ3v) is 4.56. The van der Waals surface area contributed by atoms with E-state index in [2.05, 4.69) is 21.2 Å². The van der Waals surface area contributed by atoms with Crippen LogP contribution in [0.1, 0.15) is 13.8 Å². The number of carbonyl (C=O) groups is 1. The van der Waals surface area contributed by atoms with Crippen molar-refractivity contribution in [2.45, 2.75) is 18.7 Å². The maximum absolute atomic E-state index is 12.2. The van der Waals surface area contributed by atoms with Crippen LogP contribution in [-0.2, 0) is 4.79 Å². The number of ether oxygens (including phenoxy) is 2. The van der Waals surface area contributed by atoms with Crippen molar-refractivity contribution in [2.75, 3.05) is 24.3 Å². The van der Waals surface area contributed by atoms with Gasteiger partial charge in [-0.15, -0.1) is 11.8 Å². The van der Waals surface area contributed by atoms with Gasteiger partial charge in [-0.05, 0) is 50.2 Å². The maximum Gasteiger partial charge on any atom is 0.234 e. The number of halogens is 1. The van der Waals surface area contributed by atoms with E-state index in [0.29, 0.717) is 36.2 Å². The Balaban J connectivity index is 2.00. The molecule has 2 aromatic carbocycles. The van der Waals surface area contributed by atoms with Gasteiger partial charge in [0.1, 0.15) is 11.5 Å². The monoisotopic (exact) mass is 409 g/mol. The number of carbonyl (C=O) groups excluding carboxylic acids is 1. The third kappa shape index (κ3) is 5.76. The van der Waals surface area contributed by atoms with Gasteiger partial charge in [-0.1, -0.05) is 15.9 Å². The van der Waals surface area contributed by atoms with Crippen molar-refractivity contribution >= 4 is 39.3 Å². The van der Waals surface area contributed by atoms with Crippen LogP contribution in [0.5, 0.6) is 11.5 Å². The molecule has 0 unspecified atom stereocenters. The van der Waals surface area contributed by atoms with Gasteiger partial charge in [0, 0.05) is 15.4 Å². The zero-order valence-corrected chi connectivity index (χ0v) is 16.1. The van der Waals surface area contributed by atoms with Gasteiger partial charge in [0.25, 0.3) is 0 Å². The normalized spacial score (nSPS) is 10.3. The summed E-state index contributed by atoms with van der Waals surface area (Å²) in [4.78, 5) is 13.3. The van der Waals surface area contributed by atoms with E-state index in [9.17, 15) is 4.79 Å². The summed E-state index contributed by atoms with van der Waals surface area (Å²) in [7, 11) is 0. The number of anilines is 1. The van der Waals surface area contributed by atoms with Crippen molar-refractivity contribution in [2.24, 2.45) is 0 Å². The molecule has 0 aliphatic carbocycles. The Bertz CT molecular complexity index is 676. The lowest BCUT2D eigenvalue weighted by molar-refractivity contribution is -0.113. The third-order valence-electron chi connectivity index (χ3n) is 3.02. The molecule has 0 heterocycles. The number of hydrogen-bond acceptors (Lipinski definition) is 4. The van der Waals surface area contributed by atoms with Crippen molar-refractivity contribution < 1.29 is 14.3 Å². The van der Waals surface area contributed by atoms with E-state index in [0.717, 1.165) is 9.37 Å². The molecule has 4 nitrogen and oxygen atoms in total. The average molecular weight is 410 g/mol. The van der Waals surface area contributed by atoms with E-state index < -0.39 is 0 Å². The average Bonchev–Trinajstić information content (AvgIpc) is 2.57. The fraction of sp³-hybridized carbons (Fsp3) is 0.278. The number of nitrogens with one attached hydrogen (secondary N) is 1. The summed E-state index contributed by atoms with van der Waals surface area (Å²) in [5.74, 6) is 1.59. The van der Waals surface area contributed by atoms with Crippen LogP contribution >= 0.6 is 27.7 Å². The smallest absolute Gasteiger partial charge is 0.234 e. The quantitative estimate of drug-likeness (QED) is 0.624. The largest absolute Gasteiger partial charge is 0.494 e. The standard InChI is InChI=1S/C18H20BrNO3S/c1-3-22-14-7-10-17(23-4-2)16(11-14)20-18(21)12-24-15-8-5-13(19)6-9-15/h5-11H,3-4,12H2,1-2H3,(H,20,21). The fourth-order valence-corrected chi connectivity index (χ4v) is 2.97. The molecule has 0 bridgehead atoms. The predicted octanol–water partition coefficient (Wildman–Crippen LogP) is 4.98. The maximum atomic E-state index is 12.2. The molecule has 2 aromatic rings. The highest BCUT2D eigenvalue weighted by atomic mass is 79.9. The molecule has 1 N–H and O–H groups in total. The van der Waals surface area contributed by atoms with E-state index in [4.69, 9.17) is 9.47 Å². The second-order valence-corrected chi connectivity index (χ2v) is 6.78.